The van der Waals surface area contributed by atoms with Gasteiger partial charge in [0.1, 0.15) is 5.69 Å². The summed E-state index contributed by atoms with van der Waals surface area (Å²) in [6.45, 7) is 14.2. The van der Waals surface area contributed by atoms with E-state index in [1.165, 1.54) is 6.07 Å². The lowest BCUT2D eigenvalue weighted by atomic mass is 9.97. The number of hydrogen-bond acceptors (Lipinski definition) is 3. The van der Waals surface area contributed by atoms with Crippen LogP contribution < -0.4 is 0 Å². The Bertz CT molecular complexity index is 658. The zero-order valence-corrected chi connectivity index (χ0v) is 19.3. The van der Waals surface area contributed by atoms with E-state index in [4.69, 9.17) is 27.6 Å². The number of rotatable bonds is 8. The van der Waals surface area contributed by atoms with Gasteiger partial charge in [0.05, 0.1) is 5.60 Å². The number of aromatic nitrogens is 1. The predicted molar refractivity (Wildman–Crippen MR) is 109 cm³/mol. The smallest absolute Gasteiger partial charge is 0.193 e. The van der Waals surface area contributed by atoms with Gasteiger partial charge in [0, 0.05) is 17.9 Å². The van der Waals surface area contributed by atoms with E-state index in [1.807, 2.05) is 13.8 Å². The van der Waals surface area contributed by atoms with E-state index in [0.717, 1.165) is 6.42 Å². The Morgan fingerprint density at radius 1 is 1.23 bits per heavy atom. The highest BCUT2D eigenvalue weighted by molar-refractivity contribution is 6.74. The summed E-state index contributed by atoms with van der Waals surface area (Å²) in [7, 11) is -2.16. The van der Waals surface area contributed by atoms with Crippen molar-refractivity contribution >= 4 is 37.3 Å². The molecule has 0 radical (unpaired) electrons. The highest BCUT2D eigenvalue weighted by Crippen LogP contribution is 2.42. The van der Waals surface area contributed by atoms with E-state index < -0.39 is 19.7 Å². The zero-order valence-electron chi connectivity index (χ0n) is 16.8. The largest absolute Gasteiger partial charge is 0.408 e. The highest BCUT2D eigenvalue weighted by atomic mass is 35.5. The van der Waals surface area contributed by atoms with Crippen LogP contribution >= 0.6 is 23.2 Å². The van der Waals surface area contributed by atoms with Gasteiger partial charge in [0.15, 0.2) is 25.1 Å². The molecule has 0 spiro atoms. The number of pyridine rings is 1. The van der Waals surface area contributed by atoms with Crippen LogP contribution in [0, 0.1) is 5.82 Å². The number of carbonyl (C=O) groups is 1. The number of carbonyl (C=O) groups excluding carboxylic acids is 1. The molecule has 0 atom stereocenters. The minimum Gasteiger partial charge on any atom is -0.408 e. The first kappa shape index (κ1) is 23.5. The summed E-state index contributed by atoms with van der Waals surface area (Å²) in [5.41, 5.74) is -0.485. The molecular formula is C19H30Cl2FNO2Si. The Morgan fingerprint density at radius 2 is 1.81 bits per heavy atom. The van der Waals surface area contributed by atoms with Crippen molar-refractivity contribution in [2.45, 2.75) is 77.6 Å². The van der Waals surface area contributed by atoms with Crippen LogP contribution in [0.1, 0.15) is 69.9 Å². The summed E-state index contributed by atoms with van der Waals surface area (Å²) in [5, 5.41) is -0.326. The molecule has 0 amide bonds. The Balaban J connectivity index is 3.24. The Kier molecular flexibility index (Phi) is 7.86. The first-order valence-electron chi connectivity index (χ1n) is 8.89. The van der Waals surface area contributed by atoms with Gasteiger partial charge < -0.3 is 4.43 Å². The SMILES string of the molecule is CC(C)(O[Si](C)(C)C(C)(C)C)c1cc(C(=O)CCCCCl)nc(Cl)c1F. The Morgan fingerprint density at radius 3 is 2.31 bits per heavy atom. The van der Waals surface area contributed by atoms with Crippen LogP contribution in [0.15, 0.2) is 6.07 Å². The monoisotopic (exact) mass is 421 g/mol. The fourth-order valence-corrected chi connectivity index (χ4v) is 4.51. The molecule has 1 aromatic rings. The van der Waals surface area contributed by atoms with Crippen molar-refractivity contribution in [3.05, 3.63) is 28.3 Å². The fourth-order valence-electron chi connectivity index (χ4n) is 2.43. The third-order valence-electron chi connectivity index (χ3n) is 4.96. The Hall–Kier alpha value is -0.493. The lowest BCUT2D eigenvalue weighted by Gasteiger charge is -2.43. The molecule has 7 heteroatoms. The minimum atomic E-state index is -2.16. The molecule has 0 bridgehead atoms. The van der Waals surface area contributed by atoms with Gasteiger partial charge in [0.2, 0.25) is 0 Å². The van der Waals surface area contributed by atoms with Gasteiger partial charge in [-0.3, -0.25) is 4.79 Å². The molecule has 148 valence electrons. The maximum atomic E-state index is 14.7. The zero-order chi connectivity index (χ0) is 20.3. The maximum absolute atomic E-state index is 14.7. The van der Waals surface area contributed by atoms with E-state index in [9.17, 15) is 9.18 Å². The molecule has 0 aliphatic rings. The van der Waals surface area contributed by atoms with E-state index in [1.54, 1.807) is 0 Å². The molecule has 0 saturated carbocycles. The lowest BCUT2D eigenvalue weighted by Crippen LogP contribution is -2.46. The van der Waals surface area contributed by atoms with Crippen LogP contribution in [-0.4, -0.2) is 25.0 Å². The van der Waals surface area contributed by atoms with Crippen molar-refractivity contribution in [2.75, 3.05) is 5.88 Å². The van der Waals surface area contributed by atoms with Crippen molar-refractivity contribution < 1.29 is 13.6 Å². The molecule has 26 heavy (non-hydrogen) atoms. The maximum Gasteiger partial charge on any atom is 0.193 e. The van der Waals surface area contributed by atoms with Crippen molar-refractivity contribution in [3.8, 4) is 0 Å². The van der Waals surface area contributed by atoms with Crippen LogP contribution in [0.4, 0.5) is 4.39 Å². The van der Waals surface area contributed by atoms with Crippen molar-refractivity contribution in [1.82, 2.24) is 4.98 Å². The molecule has 0 saturated heterocycles. The summed E-state index contributed by atoms with van der Waals surface area (Å²) < 4.78 is 21.2. The molecule has 0 aliphatic carbocycles. The van der Waals surface area contributed by atoms with Crippen LogP contribution in [0.5, 0.6) is 0 Å². The van der Waals surface area contributed by atoms with E-state index in [-0.39, 0.29) is 27.2 Å². The average molecular weight is 422 g/mol. The standard InChI is InChI=1S/C19H30Cl2FNO2Si/c1-18(2,3)26(6,7)25-19(4,5)13-12-14(23-17(21)16(13)22)15(24)10-8-9-11-20/h12H,8-11H2,1-7H3. The molecular weight excluding hydrogens is 392 g/mol. The molecule has 0 aliphatic heterocycles. The summed E-state index contributed by atoms with van der Waals surface area (Å²) in [5.74, 6) is -0.294. The van der Waals surface area contributed by atoms with Crippen LogP contribution in [0.25, 0.3) is 0 Å². The van der Waals surface area contributed by atoms with Crippen molar-refractivity contribution in [2.24, 2.45) is 0 Å². The fraction of sp³-hybridized carbons (Fsp3) is 0.684. The third-order valence-corrected chi connectivity index (χ3v) is 10.1. The Labute approximate surface area is 167 Å². The van der Waals surface area contributed by atoms with Gasteiger partial charge >= 0.3 is 0 Å². The van der Waals surface area contributed by atoms with Gasteiger partial charge in [-0.25, -0.2) is 9.37 Å². The molecule has 0 N–H and O–H groups in total. The molecule has 0 unspecified atom stereocenters. The number of halogens is 3. The number of hydrogen-bond donors (Lipinski definition) is 0. The second-order valence-corrected chi connectivity index (χ2v) is 14.1. The topological polar surface area (TPSA) is 39.2 Å². The van der Waals surface area contributed by atoms with E-state index in [2.05, 4.69) is 38.8 Å². The molecule has 1 rings (SSSR count). The van der Waals surface area contributed by atoms with E-state index >= 15 is 0 Å². The van der Waals surface area contributed by atoms with E-state index in [0.29, 0.717) is 18.7 Å². The van der Waals surface area contributed by atoms with Gasteiger partial charge in [-0.15, -0.1) is 11.6 Å². The second-order valence-electron chi connectivity index (χ2n) is 8.60. The normalized spacial score (nSPS) is 13.2. The molecule has 3 nitrogen and oxygen atoms in total. The van der Waals surface area contributed by atoms with Gasteiger partial charge in [-0.1, -0.05) is 32.4 Å². The van der Waals surface area contributed by atoms with Crippen molar-refractivity contribution in [3.63, 3.8) is 0 Å². The van der Waals surface area contributed by atoms with Gasteiger partial charge in [0.25, 0.3) is 0 Å². The van der Waals surface area contributed by atoms with Crippen LogP contribution in [0.3, 0.4) is 0 Å². The molecule has 1 heterocycles. The molecule has 0 aromatic carbocycles. The summed E-state index contributed by atoms with van der Waals surface area (Å²) in [6, 6.07) is 1.48. The summed E-state index contributed by atoms with van der Waals surface area (Å²) in [4.78, 5) is 16.3. The predicted octanol–water partition coefficient (Wildman–Crippen LogP) is 6.72. The van der Waals surface area contributed by atoms with Crippen LogP contribution in [-0.2, 0) is 10.0 Å². The number of ketones is 1. The minimum absolute atomic E-state index is 0.0300. The number of unbranched alkanes of at least 4 members (excludes halogenated alkanes) is 1. The summed E-state index contributed by atoms with van der Waals surface area (Å²) >= 11 is 11.6. The number of nitrogens with zero attached hydrogens (tertiary/aromatic N) is 1. The average Bonchev–Trinajstić information content (AvgIpc) is 2.47. The quantitative estimate of drug-likeness (QED) is 0.153. The molecule has 0 fully saturated rings. The van der Waals surface area contributed by atoms with Crippen LogP contribution in [0.2, 0.25) is 23.3 Å². The summed E-state index contributed by atoms with van der Waals surface area (Å²) in [6.07, 6.45) is 1.72. The highest BCUT2D eigenvalue weighted by Gasteiger charge is 2.43. The lowest BCUT2D eigenvalue weighted by molar-refractivity contribution is 0.0857. The third kappa shape index (κ3) is 5.75. The second kappa shape index (κ2) is 8.68. The number of alkyl halides is 1. The first-order valence-corrected chi connectivity index (χ1v) is 12.7. The van der Waals surface area contributed by atoms with Gasteiger partial charge in [-0.05, 0) is 50.9 Å². The molecule has 1 aromatic heterocycles. The van der Waals surface area contributed by atoms with Gasteiger partial charge in [-0.2, -0.15) is 0 Å². The van der Waals surface area contributed by atoms with Crippen molar-refractivity contribution in [1.29, 1.82) is 0 Å². The first-order chi connectivity index (χ1) is 11.7. The number of Topliss-reactive ketones (excluding diaryl/α,β-unsaturated/α-hetero) is 1.